The number of benzene rings is 1. The number of likely N-dealkylation sites (N-methyl/N-ethyl adjacent to an activating group) is 1. The number of ether oxygens (including phenoxy) is 2. The van der Waals surface area contributed by atoms with Gasteiger partial charge in [-0.1, -0.05) is 6.07 Å². The van der Waals surface area contributed by atoms with E-state index in [4.69, 9.17) is 9.47 Å². The lowest BCUT2D eigenvalue weighted by atomic mass is 9.57. The van der Waals surface area contributed by atoms with Crippen LogP contribution in [0.3, 0.4) is 0 Å². The van der Waals surface area contributed by atoms with Crippen LogP contribution in [-0.4, -0.2) is 50.3 Å². The van der Waals surface area contributed by atoms with Crippen molar-refractivity contribution in [2.45, 2.75) is 50.0 Å². The van der Waals surface area contributed by atoms with Crippen LogP contribution in [0.2, 0.25) is 0 Å². The molecule has 2 heterocycles. The van der Waals surface area contributed by atoms with Crippen molar-refractivity contribution in [1.82, 2.24) is 4.90 Å². The highest BCUT2D eigenvalue weighted by Gasteiger charge is 2.54. The van der Waals surface area contributed by atoms with Gasteiger partial charge in [-0.25, -0.2) is 0 Å². The van der Waals surface area contributed by atoms with Gasteiger partial charge in [0, 0.05) is 11.5 Å². The number of hydrogen-bond donors (Lipinski definition) is 0. The largest absolute Gasteiger partial charge is 0.493 e. The van der Waals surface area contributed by atoms with Crippen LogP contribution in [0, 0.1) is 5.41 Å². The van der Waals surface area contributed by atoms with Crippen LogP contribution in [-0.2, 0) is 5.41 Å². The molecule has 3 aliphatic rings. The average molecular weight is 362 g/mol. The standard InChI is InChI=1S/C21H31NO2S/c1-22-11-8-21(16-4-5-17(23-2)18(14-16)24-3)7-6-20(15-19(21)22)9-12-25-13-10-20/h4-5,14,19H,6-13,15H2,1-3H3. The van der Waals surface area contributed by atoms with E-state index >= 15 is 0 Å². The highest BCUT2D eigenvalue weighted by atomic mass is 32.2. The molecule has 1 saturated carbocycles. The molecule has 1 aliphatic carbocycles. The van der Waals surface area contributed by atoms with E-state index in [-0.39, 0.29) is 0 Å². The van der Waals surface area contributed by atoms with Gasteiger partial charge in [-0.15, -0.1) is 0 Å². The van der Waals surface area contributed by atoms with Gasteiger partial charge in [0.1, 0.15) is 0 Å². The number of likely N-dealkylation sites (tertiary alicyclic amines) is 1. The maximum Gasteiger partial charge on any atom is 0.161 e. The smallest absolute Gasteiger partial charge is 0.161 e. The minimum absolute atomic E-state index is 0.296. The fraction of sp³-hybridized carbons (Fsp3) is 0.714. The van der Waals surface area contributed by atoms with E-state index in [9.17, 15) is 0 Å². The summed E-state index contributed by atoms with van der Waals surface area (Å²) in [6.07, 6.45) is 8.20. The molecule has 138 valence electrons. The lowest BCUT2D eigenvalue weighted by Gasteiger charge is -2.52. The van der Waals surface area contributed by atoms with Crippen molar-refractivity contribution in [2.24, 2.45) is 5.41 Å². The summed E-state index contributed by atoms with van der Waals surface area (Å²) in [5.41, 5.74) is 2.36. The second-order valence-corrected chi connectivity index (χ2v) is 9.51. The molecule has 0 radical (unpaired) electrons. The number of nitrogens with zero attached hydrogens (tertiary/aromatic N) is 1. The third-order valence-corrected chi connectivity index (χ3v) is 8.31. The molecule has 1 spiro atoms. The van der Waals surface area contributed by atoms with Crippen LogP contribution in [0.4, 0.5) is 0 Å². The van der Waals surface area contributed by atoms with Crippen LogP contribution < -0.4 is 9.47 Å². The SMILES string of the molecule is COc1ccc(C23CCN(C)C2CC2(CCSCC2)CC3)cc1OC. The minimum Gasteiger partial charge on any atom is -0.493 e. The molecular weight excluding hydrogens is 330 g/mol. The van der Waals surface area contributed by atoms with E-state index in [1.807, 2.05) is 0 Å². The summed E-state index contributed by atoms with van der Waals surface area (Å²) in [5.74, 6) is 4.43. The summed E-state index contributed by atoms with van der Waals surface area (Å²) in [7, 11) is 5.80. The molecule has 1 aromatic rings. The van der Waals surface area contributed by atoms with Gasteiger partial charge in [0.05, 0.1) is 14.2 Å². The summed E-state index contributed by atoms with van der Waals surface area (Å²) in [6, 6.07) is 7.31. The van der Waals surface area contributed by atoms with Crippen LogP contribution in [0.5, 0.6) is 11.5 Å². The van der Waals surface area contributed by atoms with Gasteiger partial charge in [0.2, 0.25) is 0 Å². The normalized spacial score (nSPS) is 31.7. The Balaban J connectivity index is 1.68. The van der Waals surface area contributed by atoms with Crippen molar-refractivity contribution >= 4 is 11.8 Å². The highest BCUT2D eigenvalue weighted by molar-refractivity contribution is 7.99. The van der Waals surface area contributed by atoms with Gasteiger partial charge >= 0.3 is 0 Å². The summed E-state index contributed by atoms with van der Waals surface area (Å²) < 4.78 is 11.1. The van der Waals surface area contributed by atoms with E-state index in [1.165, 1.54) is 62.1 Å². The van der Waals surface area contributed by atoms with Gasteiger partial charge in [-0.2, -0.15) is 11.8 Å². The van der Waals surface area contributed by atoms with Crippen LogP contribution >= 0.6 is 11.8 Å². The van der Waals surface area contributed by atoms with Gasteiger partial charge in [-0.3, -0.25) is 0 Å². The zero-order valence-corrected chi connectivity index (χ0v) is 16.7. The number of thioether (sulfide) groups is 1. The van der Waals surface area contributed by atoms with Crippen molar-refractivity contribution in [3.05, 3.63) is 23.8 Å². The molecule has 0 bridgehead atoms. The van der Waals surface area contributed by atoms with Crippen molar-refractivity contribution in [3.8, 4) is 11.5 Å². The summed E-state index contributed by atoms with van der Waals surface area (Å²) in [5, 5.41) is 0. The van der Waals surface area contributed by atoms with Crippen molar-refractivity contribution in [3.63, 3.8) is 0 Å². The first kappa shape index (κ1) is 17.5. The topological polar surface area (TPSA) is 21.7 Å². The average Bonchev–Trinajstić information content (AvgIpc) is 2.99. The Morgan fingerprint density at radius 3 is 2.48 bits per heavy atom. The lowest BCUT2D eigenvalue weighted by Crippen LogP contribution is -2.50. The molecule has 2 saturated heterocycles. The predicted octanol–water partition coefficient (Wildman–Crippen LogP) is 4.34. The Kier molecular flexibility index (Phi) is 4.70. The van der Waals surface area contributed by atoms with Crippen LogP contribution in [0.25, 0.3) is 0 Å². The van der Waals surface area contributed by atoms with Gasteiger partial charge in [0.15, 0.2) is 11.5 Å². The molecule has 3 nitrogen and oxygen atoms in total. The Morgan fingerprint density at radius 1 is 1.00 bits per heavy atom. The molecule has 25 heavy (non-hydrogen) atoms. The van der Waals surface area contributed by atoms with E-state index in [1.54, 1.807) is 14.2 Å². The van der Waals surface area contributed by atoms with Crippen LogP contribution in [0.1, 0.15) is 44.1 Å². The molecule has 2 unspecified atom stereocenters. The minimum atomic E-state index is 0.296. The maximum atomic E-state index is 5.61. The predicted molar refractivity (Wildman–Crippen MR) is 105 cm³/mol. The van der Waals surface area contributed by atoms with Gasteiger partial charge in [0.25, 0.3) is 0 Å². The van der Waals surface area contributed by atoms with E-state index in [0.717, 1.165) is 11.5 Å². The molecule has 2 atom stereocenters. The molecule has 4 rings (SSSR count). The van der Waals surface area contributed by atoms with Gasteiger partial charge in [-0.05, 0) is 86.7 Å². The Hall–Kier alpha value is -0.870. The molecule has 4 heteroatoms. The lowest BCUT2D eigenvalue weighted by molar-refractivity contribution is 0.0614. The first-order valence-electron chi connectivity index (χ1n) is 9.63. The Bertz CT molecular complexity index is 628. The van der Waals surface area contributed by atoms with Crippen molar-refractivity contribution in [2.75, 3.05) is 39.3 Å². The van der Waals surface area contributed by atoms with Gasteiger partial charge < -0.3 is 14.4 Å². The van der Waals surface area contributed by atoms with E-state index < -0.39 is 0 Å². The molecule has 0 N–H and O–H groups in total. The second kappa shape index (κ2) is 6.70. The van der Waals surface area contributed by atoms with Crippen molar-refractivity contribution in [1.29, 1.82) is 0 Å². The molecule has 1 aromatic carbocycles. The number of fused-ring (bicyclic) bond motifs is 1. The molecule has 3 fully saturated rings. The number of methoxy groups -OCH3 is 2. The molecular formula is C21H31NO2S. The number of rotatable bonds is 3. The van der Waals surface area contributed by atoms with Crippen LogP contribution in [0.15, 0.2) is 18.2 Å². The fourth-order valence-corrected chi connectivity index (χ4v) is 7.01. The van der Waals surface area contributed by atoms with E-state index in [2.05, 4.69) is 41.9 Å². The van der Waals surface area contributed by atoms with E-state index in [0.29, 0.717) is 16.9 Å². The Morgan fingerprint density at radius 2 is 1.76 bits per heavy atom. The maximum absolute atomic E-state index is 5.61. The van der Waals surface area contributed by atoms with Crippen molar-refractivity contribution < 1.29 is 9.47 Å². The fourth-order valence-electron chi connectivity index (χ4n) is 5.65. The zero-order chi connectivity index (χ0) is 17.5. The third-order valence-electron chi connectivity index (χ3n) is 7.32. The summed E-state index contributed by atoms with van der Waals surface area (Å²) >= 11 is 2.15. The first-order valence-corrected chi connectivity index (χ1v) is 10.8. The molecule has 0 aromatic heterocycles. The zero-order valence-electron chi connectivity index (χ0n) is 15.8. The monoisotopic (exact) mass is 361 g/mol. The highest BCUT2D eigenvalue weighted by Crippen LogP contribution is 2.57. The number of hydrogen-bond acceptors (Lipinski definition) is 4. The summed E-state index contributed by atoms with van der Waals surface area (Å²) in [4.78, 5) is 2.64. The summed E-state index contributed by atoms with van der Waals surface area (Å²) in [6.45, 7) is 1.21. The molecule has 0 amide bonds. The Labute approximate surface area is 156 Å². The third kappa shape index (κ3) is 2.86. The second-order valence-electron chi connectivity index (χ2n) is 8.29. The molecule has 2 aliphatic heterocycles. The quantitative estimate of drug-likeness (QED) is 0.798. The first-order chi connectivity index (χ1) is 12.1.